The first kappa shape index (κ1) is 19.4. The van der Waals surface area contributed by atoms with Gasteiger partial charge in [0, 0.05) is 19.3 Å². The number of aromatic nitrogens is 2. The molecule has 3 rings (SSSR count). The van der Waals surface area contributed by atoms with Crippen molar-refractivity contribution in [3.8, 4) is 0 Å². The molecule has 1 amide bonds. The lowest BCUT2D eigenvalue weighted by Crippen LogP contribution is -2.45. The molecule has 1 aliphatic rings. The van der Waals surface area contributed by atoms with E-state index in [4.69, 9.17) is 11.6 Å². The van der Waals surface area contributed by atoms with Crippen LogP contribution in [0.25, 0.3) is 0 Å². The van der Waals surface area contributed by atoms with Crippen molar-refractivity contribution in [2.24, 2.45) is 0 Å². The Morgan fingerprint density at radius 1 is 1.26 bits per heavy atom. The SMILES string of the molecule is O=C(c1ccnc(=O)[nH]1)N1CCC(O)(c2ccc(Cl)c(C(F)(F)F)c2)CC1. The fraction of sp³-hybridized carbons (Fsp3) is 0.353. The van der Waals surface area contributed by atoms with Crippen molar-refractivity contribution < 1.29 is 23.1 Å². The standard InChI is InChI=1S/C17H15ClF3N3O3/c18-12-2-1-10(9-11(12)17(19,20)21)16(27)4-7-24(8-5-16)14(25)13-3-6-22-15(26)23-13/h1-3,6,9,27H,4-5,7-8H2,(H,22,23,26). The first-order chi connectivity index (χ1) is 12.6. The van der Waals surface area contributed by atoms with Gasteiger partial charge in [0.2, 0.25) is 0 Å². The maximum absolute atomic E-state index is 13.1. The van der Waals surface area contributed by atoms with Gasteiger partial charge in [0.15, 0.2) is 0 Å². The van der Waals surface area contributed by atoms with Crippen LogP contribution in [0.15, 0.2) is 35.3 Å². The van der Waals surface area contributed by atoms with E-state index in [0.29, 0.717) is 0 Å². The van der Waals surface area contributed by atoms with E-state index >= 15 is 0 Å². The second-order valence-corrected chi connectivity index (χ2v) is 6.71. The molecular weight excluding hydrogens is 387 g/mol. The van der Waals surface area contributed by atoms with Crippen LogP contribution >= 0.6 is 11.6 Å². The smallest absolute Gasteiger partial charge is 0.385 e. The van der Waals surface area contributed by atoms with Crippen molar-refractivity contribution in [3.05, 3.63) is 62.8 Å². The number of amides is 1. The van der Waals surface area contributed by atoms with Gasteiger partial charge in [-0.05, 0) is 36.6 Å². The number of carbonyl (C=O) groups is 1. The maximum Gasteiger partial charge on any atom is 0.417 e. The highest BCUT2D eigenvalue weighted by atomic mass is 35.5. The summed E-state index contributed by atoms with van der Waals surface area (Å²) in [4.78, 5) is 30.8. The lowest BCUT2D eigenvalue weighted by molar-refractivity contribution is -0.137. The number of rotatable bonds is 2. The topological polar surface area (TPSA) is 86.3 Å². The van der Waals surface area contributed by atoms with E-state index in [-0.39, 0.29) is 37.2 Å². The maximum atomic E-state index is 13.1. The normalized spacial score (nSPS) is 17.0. The summed E-state index contributed by atoms with van der Waals surface area (Å²) < 4.78 is 39.2. The molecule has 1 aromatic heterocycles. The Morgan fingerprint density at radius 3 is 2.52 bits per heavy atom. The highest BCUT2D eigenvalue weighted by Gasteiger charge is 2.39. The predicted molar refractivity (Wildman–Crippen MR) is 90.3 cm³/mol. The van der Waals surface area contributed by atoms with Crippen molar-refractivity contribution in [1.82, 2.24) is 14.9 Å². The van der Waals surface area contributed by atoms with E-state index in [9.17, 15) is 27.9 Å². The molecule has 27 heavy (non-hydrogen) atoms. The molecule has 2 N–H and O–H groups in total. The Bertz CT molecular complexity index is 921. The molecule has 1 saturated heterocycles. The summed E-state index contributed by atoms with van der Waals surface area (Å²) in [5.74, 6) is -0.441. The molecular formula is C17H15ClF3N3O3. The number of H-pyrrole nitrogens is 1. The average molecular weight is 402 g/mol. The number of nitrogens with zero attached hydrogens (tertiary/aromatic N) is 2. The van der Waals surface area contributed by atoms with Gasteiger partial charge >= 0.3 is 11.9 Å². The zero-order valence-electron chi connectivity index (χ0n) is 13.9. The molecule has 6 nitrogen and oxygen atoms in total. The second-order valence-electron chi connectivity index (χ2n) is 6.30. The third kappa shape index (κ3) is 3.98. The molecule has 1 fully saturated rings. The van der Waals surface area contributed by atoms with Crippen molar-refractivity contribution in [3.63, 3.8) is 0 Å². The number of alkyl halides is 3. The zero-order valence-corrected chi connectivity index (χ0v) is 14.6. The monoisotopic (exact) mass is 401 g/mol. The van der Waals surface area contributed by atoms with Crippen LogP contribution < -0.4 is 5.69 Å². The molecule has 144 valence electrons. The number of hydrogen-bond acceptors (Lipinski definition) is 4. The van der Waals surface area contributed by atoms with E-state index in [0.717, 1.165) is 12.1 Å². The number of hydrogen-bond donors (Lipinski definition) is 2. The molecule has 0 saturated carbocycles. The predicted octanol–water partition coefficient (Wildman–Crippen LogP) is 2.57. The minimum Gasteiger partial charge on any atom is -0.385 e. The van der Waals surface area contributed by atoms with Crippen molar-refractivity contribution in [2.45, 2.75) is 24.6 Å². The Kier molecular flexibility index (Phi) is 5.00. The molecule has 2 aromatic rings. The minimum atomic E-state index is -4.63. The molecule has 0 atom stereocenters. The number of piperidine rings is 1. The van der Waals surface area contributed by atoms with Gasteiger partial charge in [-0.25, -0.2) is 9.78 Å². The third-order valence-corrected chi connectivity index (χ3v) is 4.92. The Labute approximate surface area is 156 Å². The Hall–Kier alpha value is -2.39. The quantitative estimate of drug-likeness (QED) is 0.809. The summed E-state index contributed by atoms with van der Waals surface area (Å²) >= 11 is 5.62. The Morgan fingerprint density at radius 2 is 1.93 bits per heavy atom. The number of aromatic amines is 1. The van der Waals surface area contributed by atoms with Crippen LogP contribution in [0, 0.1) is 0 Å². The van der Waals surface area contributed by atoms with E-state index in [2.05, 4.69) is 9.97 Å². The van der Waals surface area contributed by atoms with Gasteiger partial charge in [-0.3, -0.25) is 4.79 Å². The summed E-state index contributed by atoms with van der Waals surface area (Å²) in [6, 6.07) is 4.67. The lowest BCUT2D eigenvalue weighted by Gasteiger charge is -2.38. The summed E-state index contributed by atoms with van der Waals surface area (Å²) in [7, 11) is 0. The summed E-state index contributed by atoms with van der Waals surface area (Å²) in [5, 5.41) is 10.4. The number of halogens is 4. The number of likely N-dealkylation sites (tertiary alicyclic amines) is 1. The highest BCUT2D eigenvalue weighted by Crippen LogP contribution is 2.40. The largest absolute Gasteiger partial charge is 0.417 e. The molecule has 0 aliphatic carbocycles. The van der Waals surface area contributed by atoms with Gasteiger partial charge in [0.25, 0.3) is 5.91 Å². The molecule has 2 heterocycles. The van der Waals surface area contributed by atoms with Crippen LogP contribution in [0.3, 0.4) is 0 Å². The van der Waals surface area contributed by atoms with Gasteiger partial charge in [0.05, 0.1) is 16.2 Å². The van der Waals surface area contributed by atoms with Gasteiger partial charge in [-0.1, -0.05) is 17.7 Å². The van der Waals surface area contributed by atoms with Crippen LogP contribution in [0.4, 0.5) is 13.2 Å². The van der Waals surface area contributed by atoms with Crippen molar-refractivity contribution in [2.75, 3.05) is 13.1 Å². The molecule has 10 heteroatoms. The average Bonchev–Trinajstić information content (AvgIpc) is 2.61. The Balaban J connectivity index is 1.78. The van der Waals surface area contributed by atoms with Crippen LogP contribution in [0.1, 0.15) is 34.5 Å². The number of nitrogens with one attached hydrogen (secondary N) is 1. The van der Waals surface area contributed by atoms with Crippen LogP contribution in [0.5, 0.6) is 0 Å². The van der Waals surface area contributed by atoms with Crippen LogP contribution in [-0.2, 0) is 11.8 Å². The summed E-state index contributed by atoms with van der Waals surface area (Å²) in [6.07, 6.45) is -3.33. The van der Waals surface area contributed by atoms with Crippen molar-refractivity contribution >= 4 is 17.5 Å². The third-order valence-electron chi connectivity index (χ3n) is 4.59. The van der Waals surface area contributed by atoms with Gasteiger partial charge < -0.3 is 15.0 Å². The minimum absolute atomic E-state index is 0.0486. The fourth-order valence-electron chi connectivity index (χ4n) is 3.06. The zero-order chi connectivity index (χ0) is 19.8. The summed E-state index contributed by atoms with van der Waals surface area (Å²) in [6.45, 7) is 0.229. The van der Waals surface area contributed by atoms with E-state index in [1.165, 1.54) is 23.2 Å². The first-order valence-corrected chi connectivity index (χ1v) is 8.42. The van der Waals surface area contributed by atoms with Gasteiger partial charge in [0.1, 0.15) is 5.69 Å². The van der Waals surface area contributed by atoms with Gasteiger partial charge in [-0.15, -0.1) is 0 Å². The number of aliphatic hydroxyl groups is 1. The number of carbonyl (C=O) groups excluding carboxylic acids is 1. The highest BCUT2D eigenvalue weighted by molar-refractivity contribution is 6.31. The number of benzene rings is 1. The molecule has 0 bridgehead atoms. The molecule has 1 aromatic carbocycles. The summed E-state index contributed by atoms with van der Waals surface area (Å²) in [5.41, 5.74) is -3.01. The van der Waals surface area contributed by atoms with Crippen LogP contribution in [0.2, 0.25) is 5.02 Å². The molecule has 1 aliphatic heterocycles. The molecule has 0 radical (unpaired) electrons. The second kappa shape index (κ2) is 6.97. The van der Waals surface area contributed by atoms with Gasteiger partial charge in [-0.2, -0.15) is 13.2 Å². The first-order valence-electron chi connectivity index (χ1n) is 8.04. The van der Waals surface area contributed by atoms with E-state index < -0.39 is 34.0 Å². The van der Waals surface area contributed by atoms with E-state index in [1.54, 1.807) is 0 Å². The van der Waals surface area contributed by atoms with Crippen LogP contribution in [-0.4, -0.2) is 39.0 Å². The van der Waals surface area contributed by atoms with Crippen molar-refractivity contribution in [1.29, 1.82) is 0 Å². The molecule has 0 unspecified atom stereocenters. The molecule has 0 spiro atoms. The lowest BCUT2D eigenvalue weighted by atomic mass is 9.83. The fourth-order valence-corrected chi connectivity index (χ4v) is 3.29. The van der Waals surface area contributed by atoms with E-state index in [1.807, 2.05) is 0 Å².